The van der Waals surface area contributed by atoms with E-state index in [4.69, 9.17) is 23.2 Å². The summed E-state index contributed by atoms with van der Waals surface area (Å²) in [4.78, 5) is 18.3. The van der Waals surface area contributed by atoms with Crippen LogP contribution in [0, 0.1) is 17.1 Å². The lowest BCUT2D eigenvalue weighted by Crippen LogP contribution is -2.34. The van der Waals surface area contributed by atoms with Crippen LogP contribution >= 0.6 is 23.2 Å². The molecule has 212 valence electrons. The summed E-state index contributed by atoms with van der Waals surface area (Å²) in [5, 5.41) is 26.8. The summed E-state index contributed by atoms with van der Waals surface area (Å²) in [5.41, 5.74) is 14.8. The molecular weight excluding hydrogens is 582 g/mol. The van der Waals surface area contributed by atoms with Gasteiger partial charge in [0.1, 0.15) is 18.5 Å². The number of aliphatic hydroxyl groups excluding tert-OH is 1. The number of aliphatic hydroxyl groups is 1. The SMILES string of the molecule is N#Cc1cnc2c(Cl)cc(N[C@H](C3=CNNN3)c3cccc4c3CN(C(=O)CO)C4)cc2c1Nc1ccc(F)c(Cl)c1. The minimum atomic E-state index is -0.557. The molecule has 0 aliphatic carbocycles. The van der Waals surface area contributed by atoms with Gasteiger partial charge in [0, 0.05) is 42.2 Å². The van der Waals surface area contributed by atoms with Crippen molar-refractivity contribution >= 4 is 57.1 Å². The lowest BCUT2D eigenvalue weighted by atomic mass is 9.95. The Balaban J connectivity index is 1.43. The Labute approximate surface area is 249 Å². The number of benzene rings is 3. The molecule has 4 aromatic rings. The van der Waals surface area contributed by atoms with Crippen LogP contribution in [0.5, 0.6) is 0 Å². The normalized spacial score (nSPS) is 14.5. The first-order valence-corrected chi connectivity index (χ1v) is 13.6. The highest BCUT2D eigenvalue weighted by molar-refractivity contribution is 6.36. The third-order valence-electron chi connectivity index (χ3n) is 7.18. The fourth-order valence-electron chi connectivity index (χ4n) is 5.18. The molecule has 0 saturated heterocycles. The van der Waals surface area contributed by atoms with Crippen molar-refractivity contribution in [3.05, 3.63) is 105 Å². The molecule has 6 rings (SSSR count). The third kappa shape index (κ3) is 5.13. The number of aromatic nitrogens is 1. The van der Waals surface area contributed by atoms with Crippen molar-refractivity contribution in [2.45, 2.75) is 19.1 Å². The number of hydrazine groups is 2. The fourth-order valence-corrected chi connectivity index (χ4v) is 5.63. The summed E-state index contributed by atoms with van der Waals surface area (Å²) in [7, 11) is 0. The largest absolute Gasteiger partial charge is 0.387 e. The summed E-state index contributed by atoms with van der Waals surface area (Å²) in [6.45, 7) is 0.213. The van der Waals surface area contributed by atoms with Gasteiger partial charge in [0.15, 0.2) is 0 Å². The van der Waals surface area contributed by atoms with Gasteiger partial charge in [-0.15, -0.1) is 0 Å². The van der Waals surface area contributed by atoms with Crippen LogP contribution in [-0.2, 0) is 17.9 Å². The predicted molar refractivity (Wildman–Crippen MR) is 158 cm³/mol. The number of nitrogens with one attached hydrogen (secondary N) is 5. The molecule has 2 aliphatic rings. The molecule has 0 saturated carbocycles. The van der Waals surface area contributed by atoms with E-state index < -0.39 is 18.5 Å². The van der Waals surface area contributed by atoms with Gasteiger partial charge in [0.2, 0.25) is 5.91 Å². The summed E-state index contributed by atoms with van der Waals surface area (Å²) in [6.07, 6.45) is 3.21. The quantitative estimate of drug-likeness (QED) is 0.177. The van der Waals surface area contributed by atoms with E-state index in [1.54, 1.807) is 17.2 Å². The lowest BCUT2D eigenvalue weighted by molar-refractivity contribution is -0.134. The number of hydrogen-bond acceptors (Lipinski definition) is 9. The molecule has 13 heteroatoms. The van der Waals surface area contributed by atoms with Gasteiger partial charge in [-0.2, -0.15) is 10.8 Å². The third-order valence-corrected chi connectivity index (χ3v) is 7.76. The molecule has 1 atom stereocenters. The van der Waals surface area contributed by atoms with Crippen LogP contribution in [0.2, 0.25) is 10.0 Å². The second-order valence-electron chi connectivity index (χ2n) is 9.73. The van der Waals surface area contributed by atoms with E-state index >= 15 is 0 Å². The number of carbonyl (C=O) groups excluding carboxylic acids is 1. The van der Waals surface area contributed by atoms with Crippen molar-refractivity contribution in [2.75, 3.05) is 17.2 Å². The Bertz CT molecular complexity index is 1810. The number of pyridine rings is 1. The van der Waals surface area contributed by atoms with Gasteiger partial charge in [-0.25, -0.2) is 4.39 Å². The molecule has 0 unspecified atom stereocenters. The molecule has 0 fully saturated rings. The average molecular weight is 605 g/mol. The van der Waals surface area contributed by atoms with E-state index in [0.29, 0.717) is 46.1 Å². The predicted octanol–water partition coefficient (Wildman–Crippen LogP) is 4.74. The van der Waals surface area contributed by atoms with Crippen molar-refractivity contribution in [3.8, 4) is 6.07 Å². The number of nitriles is 1. The highest BCUT2D eigenvalue weighted by atomic mass is 35.5. The van der Waals surface area contributed by atoms with Gasteiger partial charge < -0.3 is 31.5 Å². The zero-order valence-corrected chi connectivity index (χ0v) is 23.3. The first-order chi connectivity index (χ1) is 20.4. The van der Waals surface area contributed by atoms with Gasteiger partial charge in [-0.05, 0) is 47.0 Å². The van der Waals surface area contributed by atoms with Crippen LogP contribution in [-0.4, -0.2) is 27.5 Å². The molecular formula is C29H23Cl2FN8O2. The Morgan fingerprint density at radius 3 is 2.74 bits per heavy atom. The summed E-state index contributed by atoms with van der Waals surface area (Å²) >= 11 is 12.7. The summed E-state index contributed by atoms with van der Waals surface area (Å²) in [6, 6.07) is 15.4. The van der Waals surface area contributed by atoms with E-state index in [1.807, 2.05) is 24.3 Å². The van der Waals surface area contributed by atoms with Crippen LogP contribution in [0.1, 0.15) is 28.3 Å². The lowest BCUT2D eigenvalue weighted by Gasteiger charge is -2.24. The number of nitrogens with zero attached hydrogens (tertiary/aromatic N) is 3. The van der Waals surface area contributed by atoms with Crippen LogP contribution in [0.15, 0.2) is 66.6 Å². The van der Waals surface area contributed by atoms with Crippen molar-refractivity contribution < 1.29 is 14.3 Å². The maximum atomic E-state index is 13.8. The van der Waals surface area contributed by atoms with E-state index in [2.05, 4.69) is 38.1 Å². The molecule has 42 heavy (non-hydrogen) atoms. The molecule has 10 nitrogen and oxygen atoms in total. The van der Waals surface area contributed by atoms with Crippen molar-refractivity contribution in [2.24, 2.45) is 0 Å². The minimum Gasteiger partial charge on any atom is -0.387 e. The molecule has 1 aromatic heterocycles. The number of amides is 1. The molecule has 0 bridgehead atoms. The molecule has 1 amide bonds. The van der Waals surface area contributed by atoms with Gasteiger partial charge in [-0.1, -0.05) is 41.4 Å². The fraction of sp³-hybridized carbons (Fsp3) is 0.138. The number of carbonyl (C=O) groups is 1. The molecule has 3 heterocycles. The van der Waals surface area contributed by atoms with Crippen molar-refractivity contribution in [1.82, 2.24) is 26.3 Å². The molecule has 0 spiro atoms. The standard InChI is InChI=1S/C29H23Cl2FN8O2/c30-22-7-17(4-5-24(22)32)36-27-16(9-33)10-34-28-20(27)6-18(8-23(28)31)37-29(25-11-35-39-38-25)19-3-1-2-15-12-40(13-21(15)19)26(42)14-41/h1-8,10-11,29,35,37-39,41H,12-14H2,(H,34,36)/t29-/m0/s1. The first kappa shape index (κ1) is 27.6. The van der Waals surface area contributed by atoms with Gasteiger partial charge in [-0.3, -0.25) is 9.78 Å². The summed E-state index contributed by atoms with van der Waals surface area (Å²) in [5.74, 6) is -0.897. The highest BCUT2D eigenvalue weighted by Crippen LogP contribution is 2.39. The number of halogens is 3. The molecule has 0 radical (unpaired) electrons. The van der Waals surface area contributed by atoms with Crippen LogP contribution in [0.3, 0.4) is 0 Å². The van der Waals surface area contributed by atoms with Gasteiger partial charge in [0.05, 0.1) is 38.6 Å². The Hall–Kier alpha value is -4.60. The first-order valence-electron chi connectivity index (χ1n) is 12.8. The van der Waals surface area contributed by atoms with Gasteiger partial charge in [0.25, 0.3) is 0 Å². The van der Waals surface area contributed by atoms with Crippen LogP contribution < -0.4 is 27.0 Å². The number of rotatable bonds is 7. The Morgan fingerprint density at radius 1 is 1.17 bits per heavy atom. The van der Waals surface area contributed by atoms with Gasteiger partial charge >= 0.3 is 0 Å². The van der Waals surface area contributed by atoms with E-state index in [9.17, 15) is 19.6 Å². The number of hydrogen-bond donors (Lipinski definition) is 6. The van der Waals surface area contributed by atoms with Crippen LogP contribution in [0.4, 0.5) is 21.5 Å². The summed E-state index contributed by atoms with van der Waals surface area (Å²) < 4.78 is 13.8. The van der Waals surface area contributed by atoms with E-state index in [1.165, 1.54) is 24.4 Å². The smallest absolute Gasteiger partial charge is 0.248 e. The van der Waals surface area contributed by atoms with Crippen molar-refractivity contribution in [1.29, 1.82) is 5.26 Å². The minimum absolute atomic E-state index is 0.0608. The van der Waals surface area contributed by atoms with Crippen LogP contribution in [0.25, 0.3) is 10.9 Å². The van der Waals surface area contributed by atoms with Crippen molar-refractivity contribution in [3.63, 3.8) is 0 Å². The Kier molecular flexibility index (Phi) is 7.45. The number of fused-ring (bicyclic) bond motifs is 2. The monoisotopic (exact) mass is 604 g/mol. The second-order valence-corrected chi connectivity index (χ2v) is 10.5. The highest BCUT2D eigenvalue weighted by Gasteiger charge is 2.30. The van der Waals surface area contributed by atoms with E-state index in [-0.39, 0.29) is 16.5 Å². The zero-order chi connectivity index (χ0) is 29.4. The van der Waals surface area contributed by atoms with E-state index in [0.717, 1.165) is 22.4 Å². The average Bonchev–Trinajstić information content (AvgIpc) is 3.68. The Morgan fingerprint density at radius 2 is 2.00 bits per heavy atom. The zero-order valence-electron chi connectivity index (χ0n) is 21.8. The maximum Gasteiger partial charge on any atom is 0.248 e. The number of anilines is 3. The second kappa shape index (κ2) is 11.3. The maximum absolute atomic E-state index is 13.8. The molecule has 2 aliphatic heterocycles. The topological polar surface area (TPSA) is 137 Å². The molecule has 6 N–H and O–H groups in total. The molecule has 3 aromatic carbocycles.